The van der Waals surface area contributed by atoms with E-state index >= 15 is 0 Å². The third-order valence-corrected chi connectivity index (χ3v) is 8.73. The summed E-state index contributed by atoms with van der Waals surface area (Å²) in [6.07, 6.45) is 4.88. The number of pyridine rings is 1. The molecule has 5 rings (SSSR count). The van der Waals surface area contributed by atoms with Gasteiger partial charge in [-0.1, -0.05) is 48.0 Å². The van der Waals surface area contributed by atoms with Crippen LogP contribution in [0.25, 0.3) is 21.9 Å². The first-order chi connectivity index (χ1) is 19.3. The van der Waals surface area contributed by atoms with Crippen molar-refractivity contribution in [3.05, 3.63) is 65.4 Å². The highest BCUT2D eigenvalue weighted by Gasteiger charge is 2.46. The maximum atomic E-state index is 13.5. The molecule has 1 saturated carbocycles. The van der Waals surface area contributed by atoms with Crippen molar-refractivity contribution in [2.45, 2.75) is 56.0 Å². The van der Waals surface area contributed by atoms with Crippen molar-refractivity contribution in [2.24, 2.45) is 11.7 Å². The Morgan fingerprint density at radius 3 is 2.80 bits per heavy atom. The van der Waals surface area contributed by atoms with Crippen LogP contribution in [0.3, 0.4) is 0 Å². The van der Waals surface area contributed by atoms with Crippen LogP contribution in [-0.2, 0) is 19.9 Å². The number of hydrogen-bond acceptors (Lipinski definition) is 7. The Balaban J connectivity index is 1.54. The lowest BCUT2D eigenvalue weighted by Crippen LogP contribution is -2.55. The standard InChI is InChI=1S/C31H38ClN3O5/c1-39-13-5-4-11-31(38,28-19-35(12-14-40-28)30(37)21-15-26(33)27(36)16-21)24-9-6-10-25(32)29(24)23-18-34-17-20-7-2-3-8-22(20)23/h2-3,6-10,17-18,21,26-28,36,38H,4-5,11-16,19,33H2,1H3/t21-,26+,27-,28+,31-/m0/s1. The van der Waals surface area contributed by atoms with E-state index in [-0.39, 0.29) is 18.4 Å². The molecule has 2 aromatic carbocycles. The van der Waals surface area contributed by atoms with Gasteiger partial charge in [-0.25, -0.2) is 0 Å². The molecule has 1 aliphatic heterocycles. The summed E-state index contributed by atoms with van der Waals surface area (Å²) < 4.78 is 11.5. The predicted octanol–water partition coefficient (Wildman–Crippen LogP) is 3.89. The van der Waals surface area contributed by atoms with Crippen LogP contribution in [0.15, 0.2) is 54.9 Å². The van der Waals surface area contributed by atoms with Crippen LogP contribution in [0.4, 0.5) is 0 Å². The summed E-state index contributed by atoms with van der Waals surface area (Å²) >= 11 is 6.89. The number of hydrogen-bond donors (Lipinski definition) is 3. The monoisotopic (exact) mass is 567 g/mol. The van der Waals surface area contributed by atoms with E-state index in [4.69, 9.17) is 26.8 Å². The number of amides is 1. The van der Waals surface area contributed by atoms with Gasteiger partial charge >= 0.3 is 0 Å². The zero-order valence-electron chi connectivity index (χ0n) is 22.8. The number of nitrogens with zero attached hydrogens (tertiary/aromatic N) is 2. The van der Waals surface area contributed by atoms with Crippen LogP contribution in [-0.4, -0.2) is 77.7 Å². The molecule has 1 aromatic heterocycles. The van der Waals surface area contributed by atoms with Gasteiger partial charge in [-0.15, -0.1) is 0 Å². The fourth-order valence-electron chi connectivity index (χ4n) is 6.23. The molecule has 4 N–H and O–H groups in total. The van der Waals surface area contributed by atoms with Gasteiger partial charge in [-0.3, -0.25) is 9.78 Å². The molecule has 0 unspecified atom stereocenters. The van der Waals surface area contributed by atoms with E-state index in [9.17, 15) is 15.0 Å². The lowest BCUT2D eigenvalue weighted by Gasteiger charge is -2.44. The van der Waals surface area contributed by atoms with Crippen LogP contribution in [0.5, 0.6) is 0 Å². The van der Waals surface area contributed by atoms with Gasteiger partial charge in [0.2, 0.25) is 5.91 Å². The van der Waals surface area contributed by atoms with E-state index in [1.54, 1.807) is 18.2 Å². The van der Waals surface area contributed by atoms with Gasteiger partial charge in [0.25, 0.3) is 0 Å². The second kappa shape index (κ2) is 12.5. The Hall–Kier alpha value is -2.59. The van der Waals surface area contributed by atoms with Gasteiger partial charge < -0.3 is 30.3 Å². The van der Waals surface area contributed by atoms with Crippen LogP contribution in [0.2, 0.25) is 5.02 Å². The number of aliphatic hydroxyl groups excluding tert-OH is 1. The van der Waals surface area contributed by atoms with Crippen molar-refractivity contribution in [3.63, 3.8) is 0 Å². The van der Waals surface area contributed by atoms with Crippen molar-refractivity contribution >= 4 is 28.3 Å². The zero-order valence-corrected chi connectivity index (χ0v) is 23.6. The molecule has 214 valence electrons. The smallest absolute Gasteiger partial charge is 0.226 e. The quantitative estimate of drug-likeness (QED) is 0.336. The number of benzene rings is 2. The Labute approximate surface area is 240 Å². The molecule has 40 heavy (non-hydrogen) atoms. The van der Waals surface area contributed by atoms with E-state index in [0.717, 1.165) is 22.8 Å². The third-order valence-electron chi connectivity index (χ3n) is 8.41. The fraction of sp³-hybridized carbons (Fsp3) is 0.484. The third kappa shape index (κ3) is 5.75. The topological polar surface area (TPSA) is 118 Å². The van der Waals surface area contributed by atoms with Gasteiger partial charge in [-0.2, -0.15) is 0 Å². The minimum Gasteiger partial charge on any atom is -0.391 e. The number of carbonyl (C=O) groups is 1. The molecule has 2 aliphatic rings. The molecule has 0 bridgehead atoms. The summed E-state index contributed by atoms with van der Waals surface area (Å²) in [5, 5.41) is 25.2. The molecule has 1 saturated heterocycles. The summed E-state index contributed by atoms with van der Waals surface area (Å²) in [5.41, 5.74) is 6.73. The Morgan fingerprint density at radius 2 is 2.02 bits per heavy atom. The number of carbonyl (C=O) groups excluding carboxylic acids is 1. The average molecular weight is 568 g/mol. The number of morpholine rings is 1. The highest BCUT2D eigenvalue weighted by Crippen LogP contribution is 2.44. The van der Waals surface area contributed by atoms with Crippen LogP contribution in [0, 0.1) is 5.92 Å². The number of aromatic nitrogens is 1. The van der Waals surface area contributed by atoms with E-state index in [1.807, 2.05) is 48.7 Å². The van der Waals surface area contributed by atoms with E-state index < -0.39 is 23.9 Å². The minimum absolute atomic E-state index is 0.0494. The lowest BCUT2D eigenvalue weighted by molar-refractivity contribution is -0.167. The molecule has 0 radical (unpaired) electrons. The molecule has 5 atom stereocenters. The molecule has 9 heteroatoms. The second-order valence-corrected chi connectivity index (χ2v) is 11.4. The first-order valence-corrected chi connectivity index (χ1v) is 14.4. The largest absolute Gasteiger partial charge is 0.391 e. The van der Waals surface area contributed by atoms with Crippen molar-refractivity contribution in [3.8, 4) is 11.1 Å². The Kier molecular flexibility index (Phi) is 9.05. The number of fused-ring (bicyclic) bond motifs is 1. The molecular weight excluding hydrogens is 530 g/mol. The number of aliphatic hydroxyl groups is 2. The maximum absolute atomic E-state index is 13.5. The number of halogens is 1. The van der Waals surface area contributed by atoms with Gasteiger partial charge in [0.15, 0.2) is 0 Å². The second-order valence-electron chi connectivity index (χ2n) is 11.0. The molecule has 8 nitrogen and oxygen atoms in total. The summed E-state index contributed by atoms with van der Waals surface area (Å²) in [5.74, 6) is -0.381. The molecule has 3 aromatic rings. The number of methoxy groups -OCH3 is 1. The summed E-state index contributed by atoms with van der Waals surface area (Å²) in [7, 11) is 1.66. The highest BCUT2D eigenvalue weighted by atomic mass is 35.5. The van der Waals surface area contributed by atoms with E-state index in [2.05, 4.69) is 4.98 Å². The van der Waals surface area contributed by atoms with Gasteiger partial charge in [0.1, 0.15) is 11.7 Å². The predicted molar refractivity (Wildman–Crippen MR) is 155 cm³/mol. The molecule has 0 spiro atoms. The number of nitrogens with two attached hydrogens (primary N) is 1. The first kappa shape index (κ1) is 28.9. The fourth-order valence-corrected chi connectivity index (χ4v) is 6.51. The minimum atomic E-state index is -1.45. The highest BCUT2D eigenvalue weighted by molar-refractivity contribution is 6.34. The SMILES string of the molecule is COCCCC[C@](O)(c1cccc(Cl)c1-c1cncc2ccccc12)[C@H]1CN(C(=O)[C@H]2C[C@@H](N)[C@@H](O)C2)CCO1. The molecular formula is C31H38ClN3O5. The summed E-state index contributed by atoms with van der Waals surface area (Å²) in [4.78, 5) is 19.7. The van der Waals surface area contributed by atoms with Crippen molar-refractivity contribution < 1.29 is 24.5 Å². The van der Waals surface area contributed by atoms with Gasteiger partial charge in [-0.05, 0) is 49.1 Å². The first-order valence-electron chi connectivity index (χ1n) is 14.0. The number of rotatable bonds is 9. The van der Waals surface area contributed by atoms with E-state index in [1.165, 1.54) is 0 Å². The van der Waals surface area contributed by atoms with E-state index in [0.29, 0.717) is 61.6 Å². The molecule has 1 aliphatic carbocycles. The number of unbranched alkanes of at least 4 members (excludes halogenated alkanes) is 1. The van der Waals surface area contributed by atoms with Crippen molar-refractivity contribution in [1.82, 2.24) is 9.88 Å². The maximum Gasteiger partial charge on any atom is 0.226 e. The normalized spacial score (nSPS) is 24.8. The summed E-state index contributed by atoms with van der Waals surface area (Å²) in [6, 6.07) is 13.1. The van der Waals surface area contributed by atoms with Crippen molar-refractivity contribution in [1.29, 1.82) is 0 Å². The van der Waals surface area contributed by atoms with Crippen molar-refractivity contribution in [2.75, 3.05) is 33.4 Å². The van der Waals surface area contributed by atoms with Gasteiger partial charge in [0.05, 0.1) is 19.3 Å². The molecule has 2 heterocycles. The number of ether oxygens (including phenoxy) is 2. The Bertz CT molecular complexity index is 1320. The van der Waals surface area contributed by atoms with Crippen LogP contribution < -0.4 is 5.73 Å². The van der Waals surface area contributed by atoms with Crippen LogP contribution >= 0.6 is 11.6 Å². The summed E-state index contributed by atoms with van der Waals surface area (Å²) in [6.45, 7) is 1.52. The molecule has 2 fully saturated rings. The van der Waals surface area contributed by atoms with Crippen LogP contribution in [0.1, 0.15) is 37.7 Å². The molecule has 1 amide bonds. The zero-order chi connectivity index (χ0) is 28.3. The Morgan fingerprint density at radius 1 is 1.20 bits per heavy atom. The average Bonchev–Trinajstić information content (AvgIpc) is 3.32. The van der Waals surface area contributed by atoms with Gasteiger partial charge in [0, 0.05) is 66.2 Å². The lowest BCUT2D eigenvalue weighted by atomic mass is 9.78.